The van der Waals surface area contributed by atoms with Crippen molar-refractivity contribution in [3.8, 4) is 28.4 Å². The molecule has 2 aliphatic heterocycles. The van der Waals surface area contributed by atoms with Gasteiger partial charge in [0.25, 0.3) is 0 Å². The summed E-state index contributed by atoms with van der Waals surface area (Å²) < 4.78 is 11.2. The van der Waals surface area contributed by atoms with Crippen LogP contribution < -0.4 is 14.8 Å². The van der Waals surface area contributed by atoms with Crippen LogP contribution in [0.2, 0.25) is 0 Å². The Bertz CT molecular complexity index is 769. The van der Waals surface area contributed by atoms with Crippen molar-refractivity contribution in [3.05, 3.63) is 41.0 Å². The molecule has 2 aromatic rings. The lowest BCUT2D eigenvalue weighted by molar-refractivity contribution is 0.171. The van der Waals surface area contributed by atoms with Crippen LogP contribution in [-0.4, -0.2) is 18.4 Å². The van der Waals surface area contributed by atoms with Gasteiger partial charge in [-0.15, -0.1) is 0 Å². The van der Waals surface area contributed by atoms with Gasteiger partial charge in [-0.3, -0.25) is 0 Å². The van der Waals surface area contributed by atoms with Gasteiger partial charge < -0.3 is 19.9 Å². The molecule has 2 N–H and O–H groups in total. The second kappa shape index (κ2) is 3.92. The summed E-state index contributed by atoms with van der Waals surface area (Å²) in [6, 6.07) is 8.68. The minimum atomic E-state index is 0.180. The van der Waals surface area contributed by atoms with Crippen molar-refractivity contribution in [1.82, 2.24) is 5.32 Å². The van der Waals surface area contributed by atoms with Crippen LogP contribution in [0.5, 0.6) is 17.2 Å². The van der Waals surface area contributed by atoms with Gasteiger partial charge in [0.1, 0.15) is 0 Å². The molecule has 0 spiro atoms. The Kier molecular flexibility index (Phi) is 2.14. The summed E-state index contributed by atoms with van der Waals surface area (Å²) in [6.07, 6.45) is 1.78. The number of hydrogen-bond acceptors (Lipinski definition) is 4. The molecule has 106 valence electrons. The highest BCUT2D eigenvalue weighted by atomic mass is 16.7. The van der Waals surface area contributed by atoms with E-state index in [1.54, 1.807) is 0 Å². The molecule has 4 heteroatoms. The lowest BCUT2D eigenvalue weighted by Crippen LogP contribution is -2.33. The van der Waals surface area contributed by atoms with E-state index in [1.165, 1.54) is 16.7 Å². The van der Waals surface area contributed by atoms with Crippen LogP contribution in [0, 0.1) is 0 Å². The van der Waals surface area contributed by atoms with Crippen LogP contribution >= 0.6 is 0 Å². The van der Waals surface area contributed by atoms with Gasteiger partial charge in [0.15, 0.2) is 11.5 Å². The van der Waals surface area contributed by atoms with Crippen LogP contribution in [0.25, 0.3) is 11.1 Å². The molecule has 2 aromatic carbocycles. The number of phenols is 1. The highest BCUT2D eigenvalue weighted by molar-refractivity contribution is 5.86. The summed E-state index contributed by atoms with van der Waals surface area (Å²) in [5.74, 6) is 1.49. The van der Waals surface area contributed by atoms with Crippen molar-refractivity contribution >= 4 is 0 Å². The average molecular weight is 281 g/mol. The van der Waals surface area contributed by atoms with Gasteiger partial charge in [0, 0.05) is 17.2 Å². The lowest BCUT2D eigenvalue weighted by atomic mass is 9.77. The average Bonchev–Trinajstić information content (AvgIpc) is 3.00. The third kappa shape index (κ3) is 1.38. The predicted octanol–water partition coefficient (Wildman–Crippen LogP) is 2.53. The zero-order valence-corrected chi connectivity index (χ0v) is 11.5. The van der Waals surface area contributed by atoms with E-state index < -0.39 is 0 Å². The van der Waals surface area contributed by atoms with Crippen molar-refractivity contribution in [2.24, 2.45) is 0 Å². The summed E-state index contributed by atoms with van der Waals surface area (Å²) in [5, 5.41) is 14.1. The number of fused-ring (bicyclic) bond motifs is 4. The molecule has 0 saturated heterocycles. The van der Waals surface area contributed by atoms with Crippen LogP contribution in [0.1, 0.15) is 22.7 Å². The number of rotatable bonds is 0. The highest BCUT2D eigenvalue weighted by Crippen LogP contribution is 2.56. The molecule has 2 heterocycles. The summed E-state index contributed by atoms with van der Waals surface area (Å²) in [4.78, 5) is 0. The lowest BCUT2D eigenvalue weighted by Gasteiger charge is -2.35. The third-order valence-corrected chi connectivity index (χ3v) is 4.76. The van der Waals surface area contributed by atoms with Gasteiger partial charge in [-0.25, -0.2) is 0 Å². The second-order valence-electron chi connectivity index (χ2n) is 5.80. The fraction of sp³-hybridized carbons (Fsp3) is 0.294. The Balaban J connectivity index is 1.93. The van der Waals surface area contributed by atoms with Crippen molar-refractivity contribution in [2.75, 3.05) is 13.3 Å². The maximum atomic E-state index is 10.5. The van der Waals surface area contributed by atoms with Gasteiger partial charge >= 0.3 is 0 Å². The summed E-state index contributed by atoms with van der Waals surface area (Å²) in [7, 11) is 0. The van der Waals surface area contributed by atoms with E-state index in [0.29, 0.717) is 11.5 Å². The van der Waals surface area contributed by atoms with Crippen LogP contribution in [0.4, 0.5) is 0 Å². The number of aromatic hydroxyl groups is 1. The number of benzene rings is 2. The van der Waals surface area contributed by atoms with Gasteiger partial charge in [-0.2, -0.15) is 0 Å². The van der Waals surface area contributed by atoms with Crippen LogP contribution in [-0.2, 0) is 12.8 Å². The summed E-state index contributed by atoms with van der Waals surface area (Å²) >= 11 is 0. The SMILES string of the molecule is Oc1c2c3c(c4c1OCO4)-c1ccccc1C[C@H]3NCC2. The molecular formula is C17H15NO3. The zero-order valence-electron chi connectivity index (χ0n) is 11.5. The highest BCUT2D eigenvalue weighted by Gasteiger charge is 2.38. The fourth-order valence-electron chi connectivity index (χ4n) is 3.89. The molecule has 3 aliphatic rings. The monoisotopic (exact) mass is 281 g/mol. The molecule has 0 saturated carbocycles. The Morgan fingerprint density at radius 3 is 2.95 bits per heavy atom. The molecule has 1 aliphatic carbocycles. The first-order chi connectivity index (χ1) is 10.3. The maximum absolute atomic E-state index is 10.5. The first-order valence-electron chi connectivity index (χ1n) is 7.33. The molecule has 5 rings (SSSR count). The van der Waals surface area contributed by atoms with E-state index in [1.807, 2.05) is 0 Å². The normalized spacial score (nSPS) is 20.9. The van der Waals surface area contributed by atoms with Crippen molar-refractivity contribution in [2.45, 2.75) is 18.9 Å². The minimum Gasteiger partial charge on any atom is -0.504 e. The number of nitrogens with one attached hydrogen (secondary N) is 1. The standard InChI is InChI=1S/C17H15NO3/c19-15-11-5-6-18-12-7-9-3-1-2-4-10(9)14(13(11)12)16-17(15)21-8-20-16/h1-4,12,18-19H,5-8H2/t12-/m1/s1. The molecule has 0 aromatic heterocycles. The van der Waals surface area contributed by atoms with Gasteiger partial charge in [-0.1, -0.05) is 24.3 Å². The summed E-state index contributed by atoms with van der Waals surface area (Å²) in [6.45, 7) is 1.06. The van der Waals surface area contributed by atoms with Crippen LogP contribution in [0.3, 0.4) is 0 Å². The summed E-state index contributed by atoms with van der Waals surface area (Å²) in [5.41, 5.74) is 5.85. The van der Waals surface area contributed by atoms with Gasteiger partial charge in [0.05, 0.1) is 0 Å². The molecule has 21 heavy (non-hydrogen) atoms. The fourth-order valence-corrected chi connectivity index (χ4v) is 3.89. The van der Waals surface area contributed by atoms with E-state index in [9.17, 15) is 5.11 Å². The quantitative estimate of drug-likeness (QED) is 0.779. The maximum Gasteiger partial charge on any atom is 0.231 e. The topological polar surface area (TPSA) is 50.7 Å². The Morgan fingerprint density at radius 2 is 2.00 bits per heavy atom. The Labute approximate surface area is 122 Å². The van der Waals surface area contributed by atoms with Crippen LogP contribution in [0.15, 0.2) is 24.3 Å². The second-order valence-corrected chi connectivity index (χ2v) is 5.80. The number of hydrogen-bond donors (Lipinski definition) is 2. The minimum absolute atomic E-state index is 0.180. The molecule has 1 atom stereocenters. The first-order valence-corrected chi connectivity index (χ1v) is 7.33. The Morgan fingerprint density at radius 1 is 1.14 bits per heavy atom. The van der Waals surface area contributed by atoms with E-state index >= 15 is 0 Å². The largest absolute Gasteiger partial charge is 0.504 e. The van der Waals surface area contributed by atoms with Gasteiger partial charge in [-0.05, 0) is 36.1 Å². The molecular weight excluding hydrogens is 266 g/mol. The Hall–Kier alpha value is -2.20. The van der Waals surface area contributed by atoms with E-state index in [0.717, 1.165) is 30.5 Å². The number of phenolic OH excluding ortho intramolecular Hbond substituents is 1. The van der Waals surface area contributed by atoms with Crippen molar-refractivity contribution in [1.29, 1.82) is 0 Å². The number of ether oxygens (including phenoxy) is 2. The molecule has 0 radical (unpaired) electrons. The molecule has 0 amide bonds. The van der Waals surface area contributed by atoms with Gasteiger partial charge in [0.2, 0.25) is 12.5 Å². The first kappa shape index (κ1) is 11.5. The van der Waals surface area contributed by atoms with Crippen molar-refractivity contribution < 1.29 is 14.6 Å². The van der Waals surface area contributed by atoms with Crippen molar-refractivity contribution in [3.63, 3.8) is 0 Å². The van der Waals surface area contributed by atoms with E-state index in [-0.39, 0.29) is 18.6 Å². The van der Waals surface area contributed by atoms with E-state index in [4.69, 9.17) is 9.47 Å². The smallest absolute Gasteiger partial charge is 0.231 e. The van der Waals surface area contributed by atoms with E-state index in [2.05, 4.69) is 29.6 Å². The molecule has 0 unspecified atom stereocenters. The third-order valence-electron chi connectivity index (χ3n) is 4.76. The zero-order chi connectivity index (χ0) is 14.0. The molecule has 4 nitrogen and oxygen atoms in total. The molecule has 0 bridgehead atoms. The molecule has 0 fully saturated rings. The predicted molar refractivity (Wildman–Crippen MR) is 77.8 cm³/mol.